The molecule has 6 heteroatoms. The van der Waals surface area contributed by atoms with Gasteiger partial charge in [0, 0.05) is 29.8 Å². The number of anilines is 3. The fraction of sp³-hybridized carbons (Fsp3) is 0.118. The summed E-state index contributed by atoms with van der Waals surface area (Å²) in [5.41, 5.74) is 3.64. The fourth-order valence-electron chi connectivity index (χ4n) is 2.14. The third kappa shape index (κ3) is 3.73. The number of nitrogens with one attached hydrogen (secondary N) is 2. The number of hydrogen-bond donors (Lipinski definition) is 2. The molecule has 0 aliphatic carbocycles. The van der Waals surface area contributed by atoms with E-state index in [1.807, 2.05) is 48.7 Å². The van der Waals surface area contributed by atoms with Crippen LogP contribution in [0.25, 0.3) is 11.3 Å². The Bertz CT molecular complexity index is 844. The third-order valence-corrected chi connectivity index (χ3v) is 3.98. The minimum absolute atomic E-state index is 0.0894. The molecule has 0 atom stereocenters. The molecule has 116 valence electrons. The number of nitrogens with zero attached hydrogens (tertiary/aromatic N) is 2. The molecular formula is C17H16N4OS. The lowest BCUT2D eigenvalue weighted by Gasteiger charge is -2.05. The molecule has 1 aromatic carbocycles. The van der Waals surface area contributed by atoms with Crippen molar-refractivity contribution in [1.29, 1.82) is 0 Å². The Morgan fingerprint density at radius 1 is 1.22 bits per heavy atom. The van der Waals surface area contributed by atoms with Crippen molar-refractivity contribution in [1.82, 2.24) is 9.97 Å². The monoisotopic (exact) mass is 324 g/mol. The van der Waals surface area contributed by atoms with Gasteiger partial charge in [0.15, 0.2) is 5.13 Å². The van der Waals surface area contributed by atoms with Crippen LogP contribution in [0.2, 0.25) is 0 Å². The number of thiazole rings is 1. The number of aromatic nitrogens is 2. The smallest absolute Gasteiger partial charge is 0.221 e. The molecule has 0 saturated heterocycles. The lowest BCUT2D eigenvalue weighted by atomic mass is 10.1. The Labute approximate surface area is 138 Å². The van der Waals surface area contributed by atoms with E-state index in [1.165, 1.54) is 18.3 Å². The van der Waals surface area contributed by atoms with Crippen LogP contribution in [0.1, 0.15) is 12.5 Å². The zero-order valence-electron chi connectivity index (χ0n) is 12.8. The van der Waals surface area contributed by atoms with Crippen molar-refractivity contribution < 1.29 is 4.79 Å². The molecule has 1 amide bonds. The summed E-state index contributed by atoms with van der Waals surface area (Å²) in [4.78, 5) is 20.1. The first-order valence-corrected chi connectivity index (χ1v) is 8.02. The SMILES string of the molecule is CC(=O)Nc1cccc(-c2csc(Nc3ncccc3C)n2)c1. The summed E-state index contributed by atoms with van der Waals surface area (Å²) in [6, 6.07) is 11.5. The second-order valence-corrected chi connectivity index (χ2v) is 5.95. The molecule has 0 saturated carbocycles. The topological polar surface area (TPSA) is 66.9 Å². The van der Waals surface area contributed by atoms with Gasteiger partial charge in [0.2, 0.25) is 5.91 Å². The highest BCUT2D eigenvalue weighted by atomic mass is 32.1. The molecule has 0 aliphatic rings. The van der Waals surface area contributed by atoms with Gasteiger partial charge in [0.1, 0.15) is 5.82 Å². The van der Waals surface area contributed by atoms with E-state index in [4.69, 9.17) is 0 Å². The van der Waals surface area contributed by atoms with E-state index < -0.39 is 0 Å². The predicted molar refractivity (Wildman–Crippen MR) is 94.1 cm³/mol. The first-order valence-electron chi connectivity index (χ1n) is 7.14. The second kappa shape index (κ2) is 6.58. The first kappa shape index (κ1) is 15.2. The van der Waals surface area contributed by atoms with E-state index in [-0.39, 0.29) is 5.91 Å². The number of pyridine rings is 1. The number of carbonyl (C=O) groups excluding carboxylic acids is 1. The van der Waals surface area contributed by atoms with Crippen LogP contribution in [0.5, 0.6) is 0 Å². The van der Waals surface area contributed by atoms with Gasteiger partial charge in [0.25, 0.3) is 0 Å². The summed E-state index contributed by atoms with van der Waals surface area (Å²) in [6.07, 6.45) is 1.75. The van der Waals surface area contributed by atoms with Crippen LogP contribution in [0.4, 0.5) is 16.6 Å². The number of rotatable bonds is 4. The Morgan fingerprint density at radius 2 is 2.09 bits per heavy atom. The normalized spacial score (nSPS) is 10.3. The summed E-state index contributed by atoms with van der Waals surface area (Å²) in [5.74, 6) is 0.716. The lowest BCUT2D eigenvalue weighted by molar-refractivity contribution is -0.114. The van der Waals surface area contributed by atoms with Crippen LogP contribution in [0.15, 0.2) is 48.0 Å². The molecule has 3 aromatic rings. The Kier molecular flexibility index (Phi) is 4.34. The highest BCUT2D eigenvalue weighted by Crippen LogP contribution is 2.28. The van der Waals surface area contributed by atoms with E-state index in [0.29, 0.717) is 0 Å². The average Bonchev–Trinajstić information content (AvgIpc) is 2.98. The van der Waals surface area contributed by atoms with E-state index in [9.17, 15) is 4.79 Å². The van der Waals surface area contributed by atoms with Crippen molar-refractivity contribution in [2.45, 2.75) is 13.8 Å². The molecule has 2 heterocycles. The van der Waals surface area contributed by atoms with Gasteiger partial charge in [-0.05, 0) is 30.7 Å². The number of benzene rings is 1. The van der Waals surface area contributed by atoms with Crippen molar-refractivity contribution in [2.24, 2.45) is 0 Å². The highest BCUT2D eigenvalue weighted by Gasteiger charge is 2.07. The highest BCUT2D eigenvalue weighted by molar-refractivity contribution is 7.14. The molecule has 0 aliphatic heterocycles. The third-order valence-electron chi connectivity index (χ3n) is 3.22. The zero-order valence-corrected chi connectivity index (χ0v) is 13.6. The van der Waals surface area contributed by atoms with E-state index >= 15 is 0 Å². The molecule has 0 fully saturated rings. The van der Waals surface area contributed by atoms with Gasteiger partial charge >= 0.3 is 0 Å². The predicted octanol–water partition coefficient (Wildman–Crippen LogP) is 4.22. The number of hydrogen-bond acceptors (Lipinski definition) is 5. The molecule has 0 radical (unpaired) electrons. The maximum absolute atomic E-state index is 11.2. The molecule has 3 rings (SSSR count). The Morgan fingerprint density at radius 3 is 2.87 bits per heavy atom. The minimum Gasteiger partial charge on any atom is -0.326 e. The lowest BCUT2D eigenvalue weighted by Crippen LogP contribution is -2.05. The van der Waals surface area contributed by atoms with Gasteiger partial charge in [-0.15, -0.1) is 11.3 Å². The van der Waals surface area contributed by atoms with E-state index in [0.717, 1.165) is 33.5 Å². The summed E-state index contributed by atoms with van der Waals surface area (Å²) in [5, 5.41) is 8.78. The van der Waals surface area contributed by atoms with Crippen molar-refractivity contribution in [2.75, 3.05) is 10.6 Å². The first-order chi connectivity index (χ1) is 11.1. The molecule has 23 heavy (non-hydrogen) atoms. The molecule has 2 N–H and O–H groups in total. The van der Waals surface area contributed by atoms with Gasteiger partial charge in [-0.2, -0.15) is 0 Å². The fourth-order valence-corrected chi connectivity index (χ4v) is 2.86. The van der Waals surface area contributed by atoms with Crippen LogP contribution in [-0.4, -0.2) is 15.9 Å². The van der Waals surface area contributed by atoms with Crippen molar-refractivity contribution in [3.63, 3.8) is 0 Å². The Hall–Kier alpha value is -2.73. The average molecular weight is 324 g/mol. The van der Waals surface area contributed by atoms with Crippen LogP contribution in [0, 0.1) is 6.92 Å². The van der Waals surface area contributed by atoms with Crippen LogP contribution in [0.3, 0.4) is 0 Å². The summed E-state index contributed by atoms with van der Waals surface area (Å²) in [7, 11) is 0. The second-order valence-electron chi connectivity index (χ2n) is 5.09. The minimum atomic E-state index is -0.0894. The molecule has 0 spiro atoms. The standard InChI is InChI=1S/C17H16N4OS/c1-11-5-4-8-18-16(11)21-17-20-15(10-23-17)13-6-3-7-14(9-13)19-12(2)22/h3-10H,1-2H3,(H,19,22)(H,18,20,21). The van der Waals surface area contributed by atoms with Crippen LogP contribution >= 0.6 is 11.3 Å². The van der Waals surface area contributed by atoms with Crippen LogP contribution < -0.4 is 10.6 Å². The Balaban J connectivity index is 1.82. The maximum Gasteiger partial charge on any atom is 0.221 e. The van der Waals surface area contributed by atoms with Gasteiger partial charge in [-0.3, -0.25) is 4.79 Å². The van der Waals surface area contributed by atoms with Crippen molar-refractivity contribution in [3.05, 3.63) is 53.5 Å². The van der Waals surface area contributed by atoms with Gasteiger partial charge < -0.3 is 10.6 Å². The molecular weight excluding hydrogens is 308 g/mol. The van der Waals surface area contributed by atoms with Crippen molar-refractivity contribution in [3.8, 4) is 11.3 Å². The molecule has 0 unspecified atom stereocenters. The van der Waals surface area contributed by atoms with Crippen LogP contribution in [-0.2, 0) is 4.79 Å². The maximum atomic E-state index is 11.2. The quantitative estimate of drug-likeness (QED) is 0.754. The summed E-state index contributed by atoms with van der Waals surface area (Å²) < 4.78 is 0. The summed E-state index contributed by atoms with van der Waals surface area (Å²) in [6.45, 7) is 3.49. The molecule has 2 aromatic heterocycles. The van der Waals surface area contributed by atoms with Gasteiger partial charge in [-0.25, -0.2) is 9.97 Å². The van der Waals surface area contributed by atoms with Gasteiger partial charge in [-0.1, -0.05) is 18.2 Å². The zero-order chi connectivity index (χ0) is 16.2. The molecule has 0 bridgehead atoms. The number of aryl methyl sites for hydroxylation is 1. The number of amides is 1. The van der Waals surface area contributed by atoms with Gasteiger partial charge in [0.05, 0.1) is 5.69 Å². The number of carbonyl (C=O) groups is 1. The summed E-state index contributed by atoms with van der Waals surface area (Å²) >= 11 is 1.52. The largest absolute Gasteiger partial charge is 0.326 e. The molecule has 5 nitrogen and oxygen atoms in total. The van der Waals surface area contributed by atoms with E-state index in [1.54, 1.807) is 6.20 Å². The van der Waals surface area contributed by atoms with Crippen molar-refractivity contribution >= 4 is 33.9 Å². The van der Waals surface area contributed by atoms with E-state index in [2.05, 4.69) is 20.6 Å².